The Morgan fingerprint density at radius 2 is 1.25 bits per heavy atom. The van der Waals surface area contributed by atoms with Crippen LogP contribution in [0, 0.1) is 0 Å². The Bertz CT molecular complexity index is 8.00. The Morgan fingerprint density at radius 1 is 1.25 bits per heavy atom. The van der Waals surface area contributed by atoms with E-state index in [0.717, 1.165) is 0 Å². The summed E-state index contributed by atoms with van der Waals surface area (Å²) in [5.41, 5.74) is 0. The fraction of sp³-hybridized carbons (Fsp3) is 0. The minimum absolute atomic E-state index is 0. The molecule has 0 heterocycles. The van der Waals surface area contributed by atoms with Gasteiger partial charge in [-0.1, -0.05) is 0 Å². The SMILES string of the molecule is S=[Se].[Cu].[GaH3]. The van der Waals surface area contributed by atoms with Crippen LogP contribution in [0.2, 0.25) is 0 Å². The van der Waals surface area contributed by atoms with Gasteiger partial charge in [-0.2, -0.15) is 0 Å². The molecule has 0 aliphatic carbocycles. The van der Waals surface area contributed by atoms with Crippen LogP contribution in [-0.4, -0.2) is 34.2 Å². The summed E-state index contributed by atoms with van der Waals surface area (Å²) in [7, 11) is 3.96. The third kappa shape index (κ3) is 9.09. The van der Waals surface area contributed by atoms with Crippen molar-refractivity contribution in [2.45, 2.75) is 0 Å². The molecule has 1 radical (unpaired) electrons. The van der Waals surface area contributed by atoms with E-state index >= 15 is 0 Å². The van der Waals surface area contributed by atoms with Crippen molar-refractivity contribution >= 4 is 44.7 Å². The van der Waals surface area contributed by atoms with E-state index in [2.05, 4.69) is 24.9 Å². The van der Waals surface area contributed by atoms with Crippen molar-refractivity contribution in [3.63, 3.8) is 0 Å². The summed E-state index contributed by atoms with van der Waals surface area (Å²) in [5.74, 6) is 0. The van der Waals surface area contributed by atoms with Crippen molar-refractivity contribution in [1.29, 1.82) is 0 Å². The second-order valence-electron chi connectivity index (χ2n) is 0. The van der Waals surface area contributed by atoms with Gasteiger partial charge in [0.05, 0.1) is 0 Å². The van der Waals surface area contributed by atoms with Crippen LogP contribution >= 0.6 is 10.6 Å². The molecular formula is H3CuGaSSe. The van der Waals surface area contributed by atoms with Crippen molar-refractivity contribution < 1.29 is 17.1 Å². The summed E-state index contributed by atoms with van der Waals surface area (Å²) in [4.78, 5) is 0. The molecule has 0 unspecified atom stereocenters. The van der Waals surface area contributed by atoms with Crippen LogP contribution in [0.15, 0.2) is 0 Å². The normalized spacial score (nSPS) is 1.00. The van der Waals surface area contributed by atoms with Crippen LogP contribution in [0.4, 0.5) is 0 Å². The van der Waals surface area contributed by atoms with Gasteiger partial charge in [0, 0.05) is 17.1 Å². The molecule has 0 aromatic heterocycles. The molecule has 0 aliphatic rings. The third-order valence-corrected chi connectivity index (χ3v) is 0. The molecule has 0 atom stereocenters. The molecule has 29 valence electrons. The van der Waals surface area contributed by atoms with E-state index in [1.54, 1.807) is 0 Å². The number of hydrogen-bond acceptors (Lipinski definition) is 1. The molecule has 0 saturated carbocycles. The van der Waals surface area contributed by atoms with E-state index in [4.69, 9.17) is 0 Å². The molecule has 0 rings (SSSR count). The standard InChI is InChI=1S/Cu.Ga.SSe.3H/c;;1-2;;;. The molecule has 0 amide bonds. The molecule has 4 heavy (non-hydrogen) atoms. The van der Waals surface area contributed by atoms with Crippen molar-refractivity contribution in [2.24, 2.45) is 0 Å². The number of hydrogen-bond donors (Lipinski definition) is 0. The van der Waals surface area contributed by atoms with Gasteiger partial charge < -0.3 is 0 Å². The van der Waals surface area contributed by atoms with Crippen LogP contribution in [-0.2, 0) is 17.1 Å². The van der Waals surface area contributed by atoms with Crippen molar-refractivity contribution in [3.05, 3.63) is 0 Å². The predicted molar refractivity (Wildman–Crippen MR) is 23.3 cm³/mol. The Morgan fingerprint density at radius 3 is 1.25 bits per heavy atom. The van der Waals surface area contributed by atoms with E-state index < -0.39 is 0 Å². The van der Waals surface area contributed by atoms with Gasteiger partial charge in [0.15, 0.2) is 0 Å². The summed E-state index contributed by atoms with van der Waals surface area (Å²) in [6, 6.07) is 0. The van der Waals surface area contributed by atoms with Gasteiger partial charge >= 0.3 is 44.7 Å². The maximum atomic E-state index is 3.96. The molecule has 0 spiro atoms. The van der Waals surface area contributed by atoms with Crippen LogP contribution in [0.3, 0.4) is 0 Å². The topological polar surface area (TPSA) is 0 Å². The van der Waals surface area contributed by atoms with E-state index in [0.29, 0.717) is 0 Å². The molecule has 4 heteroatoms. The van der Waals surface area contributed by atoms with E-state index in [9.17, 15) is 0 Å². The van der Waals surface area contributed by atoms with Crippen molar-refractivity contribution in [2.75, 3.05) is 0 Å². The van der Waals surface area contributed by atoms with Gasteiger partial charge in [-0.15, -0.1) is 0 Å². The molecule has 0 fully saturated rings. The average molecular weight is 247 g/mol. The van der Waals surface area contributed by atoms with E-state index in [-0.39, 0.29) is 36.9 Å². The Hall–Kier alpha value is 1.90. The molecule has 0 aromatic rings. The summed E-state index contributed by atoms with van der Waals surface area (Å²) in [6.45, 7) is 0. The van der Waals surface area contributed by atoms with Crippen molar-refractivity contribution in [1.82, 2.24) is 0 Å². The molecule has 0 aromatic carbocycles. The fourth-order valence-electron chi connectivity index (χ4n) is 0. The summed E-state index contributed by atoms with van der Waals surface area (Å²) >= 11 is 2.21. The quantitative estimate of drug-likeness (QED) is 0.499. The van der Waals surface area contributed by atoms with Crippen LogP contribution in [0.5, 0.6) is 0 Å². The number of rotatable bonds is 0. The fourth-order valence-corrected chi connectivity index (χ4v) is 0. The molecule has 0 saturated heterocycles. The summed E-state index contributed by atoms with van der Waals surface area (Å²) in [5, 5.41) is 0. The Balaban J connectivity index is -0.00000000500. The van der Waals surface area contributed by atoms with E-state index in [1.807, 2.05) is 0 Å². The second kappa shape index (κ2) is 20.7. The van der Waals surface area contributed by atoms with Gasteiger partial charge in [-0.3, -0.25) is 0 Å². The Kier molecular flexibility index (Phi) is 87.1. The first-order valence-corrected chi connectivity index (χ1v) is 2.60. The predicted octanol–water partition coefficient (Wildman–Crippen LogP) is -0.919. The van der Waals surface area contributed by atoms with Gasteiger partial charge in [-0.05, 0) is 0 Å². The molecule has 0 nitrogen and oxygen atoms in total. The maximum absolute atomic E-state index is 3.96. The van der Waals surface area contributed by atoms with Crippen LogP contribution < -0.4 is 0 Å². The first-order chi connectivity index (χ1) is 1.00. The molecule has 0 aliphatic heterocycles. The first kappa shape index (κ1) is 16.9. The summed E-state index contributed by atoms with van der Waals surface area (Å²) < 4.78 is 0. The van der Waals surface area contributed by atoms with Gasteiger partial charge in [0.1, 0.15) is 0 Å². The monoisotopic (exact) mass is 247 g/mol. The van der Waals surface area contributed by atoms with Crippen molar-refractivity contribution in [3.8, 4) is 0 Å². The first-order valence-electron chi connectivity index (χ1n) is 0.167. The zero-order valence-electron chi connectivity index (χ0n) is 1.12. The molecule has 0 N–H and O–H groups in total. The summed E-state index contributed by atoms with van der Waals surface area (Å²) in [6.07, 6.45) is 0. The average Bonchev–Trinajstić information content (AvgIpc) is 1.00. The van der Waals surface area contributed by atoms with E-state index in [1.165, 1.54) is 0 Å². The minimum atomic E-state index is 0. The zero-order valence-corrected chi connectivity index (χ0v) is 4.59. The van der Waals surface area contributed by atoms with Crippen LogP contribution in [0.25, 0.3) is 0 Å². The third-order valence-electron chi connectivity index (χ3n) is 0. The second-order valence-corrected chi connectivity index (χ2v) is 0. The van der Waals surface area contributed by atoms with Crippen LogP contribution in [0.1, 0.15) is 0 Å². The Labute approximate surface area is 61.3 Å². The van der Waals surface area contributed by atoms with Gasteiger partial charge in [0.25, 0.3) is 0 Å². The molecular weight excluding hydrogens is 244 g/mol. The van der Waals surface area contributed by atoms with Gasteiger partial charge in [-0.25, -0.2) is 0 Å². The van der Waals surface area contributed by atoms with Gasteiger partial charge in [0.2, 0.25) is 0 Å². The molecule has 0 bridgehead atoms. The zero-order chi connectivity index (χ0) is 2.00.